The van der Waals surface area contributed by atoms with Crippen molar-refractivity contribution in [3.8, 4) is 0 Å². The molecule has 0 unspecified atom stereocenters. The van der Waals surface area contributed by atoms with Crippen molar-refractivity contribution in [3.05, 3.63) is 83.2 Å². The Morgan fingerprint density at radius 1 is 1.03 bits per heavy atom. The number of primary amides is 1. The molecular formula is C22H19F7N4O. The Balaban J connectivity index is 2.64. The molecule has 2 rings (SSSR count). The smallest absolute Gasteiger partial charge is 0.366 e. The van der Waals surface area contributed by atoms with E-state index in [1.807, 2.05) is 0 Å². The Kier molecular flexibility index (Phi) is 8.19. The average molecular weight is 488 g/mol. The summed E-state index contributed by atoms with van der Waals surface area (Å²) < 4.78 is 92.7. The minimum absolute atomic E-state index is 0.00585. The van der Waals surface area contributed by atoms with Crippen LogP contribution in [0.25, 0.3) is 5.57 Å². The molecule has 1 aromatic carbocycles. The third-order valence-corrected chi connectivity index (χ3v) is 4.31. The number of benzene rings is 1. The van der Waals surface area contributed by atoms with Crippen LogP contribution in [0.15, 0.2) is 60.2 Å². The van der Waals surface area contributed by atoms with Crippen molar-refractivity contribution in [2.45, 2.75) is 32.6 Å². The van der Waals surface area contributed by atoms with Gasteiger partial charge in [0.2, 0.25) is 0 Å². The highest BCUT2D eigenvalue weighted by Crippen LogP contribution is 2.36. The lowest BCUT2D eigenvalue weighted by Gasteiger charge is -2.16. The van der Waals surface area contributed by atoms with Gasteiger partial charge in [-0.2, -0.15) is 31.4 Å². The fraction of sp³-hybridized carbons (Fsp3) is 0.227. The second-order valence-corrected chi connectivity index (χ2v) is 6.95. The summed E-state index contributed by atoms with van der Waals surface area (Å²) in [5.74, 6) is -1.75. The molecule has 0 aliphatic rings. The predicted octanol–water partition coefficient (Wildman–Crippen LogP) is 5.73. The van der Waals surface area contributed by atoms with Crippen LogP contribution in [0, 0.1) is 5.82 Å². The van der Waals surface area contributed by atoms with E-state index in [4.69, 9.17) is 5.73 Å². The number of aromatic nitrogens is 1. The summed E-state index contributed by atoms with van der Waals surface area (Å²) in [6, 6.07) is 2.05. The van der Waals surface area contributed by atoms with Crippen LogP contribution < -0.4 is 5.73 Å². The van der Waals surface area contributed by atoms with Gasteiger partial charge >= 0.3 is 12.4 Å². The quantitative estimate of drug-likeness (QED) is 0.234. The van der Waals surface area contributed by atoms with Crippen molar-refractivity contribution >= 4 is 17.2 Å². The van der Waals surface area contributed by atoms with Gasteiger partial charge in [0.05, 0.1) is 28.6 Å². The van der Waals surface area contributed by atoms with Crippen LogP contribution in [0.2, 0.25) is 0 Å². The monoisotopic (exact) mass is 488 g/mol. The lowest BCUT2D eigenvalue weighted by Crippen LogP contribution is -2.17. The largest absolute Gasteiger partial charge is 0.416 e. The van der Waals surface area contributed by atoms with E-state index in [1.165, 1.54) is 13.1 Å². The second-order valence-electron chi connectivity index (χ2n) is 6.95. The number of nitrogens with two attached hydrogens (primary N) is 1. The minimum atomic E-state index is -5.03. The van der Waals surface area contributed by atoms with Crippen molar-refractivity contribution in [2.75, 3.05) is 0 Å². The van der Waals surface area contributed by atoms with Crippen LogP contribution in [-0.4, -0.2) is 21.6 Å². The van der Waals surface area contributed by atoms with Gasteiger partial charge in [-0.1, -0.05) is 13.0 Å². The van der Waals surface area contributed by atoms with E-state index >= 15 is 0 Å². The van der Waals surface area contributed by atoms with E-state index in [2.05, 4.69) is 10.1 Å². The number of allylic oxidation sites excluding steroid dienone is 1. The molecular weight excluding hydrogens is 469 g/mol. The van der Waals surface area contributed by atoms with Gasteiger partial charge in [0.1, 0.15) is 5.82 Å². The average Bonchev–Trinajstić information content (AvgIpc) is 2.73. The number of hydrogen-bond acceptors (Lipinski definition) is 4. The van der Waals surface area contributed by atoms with E-state index in [0.717, 1.165) is 29.7 Å². The molecule has 0 spiro atoms. The number of carbonyl (C=O) groups is 1. The molecule has 1 aromatic heterocycles. The molecule has 1 amide bonds. The molecule has 0 bridgehead atoms. The first-order valence-electron chi connectivity index (χ1n) is 9.65. The normalized spacial score (nSPS) is 13.4. The molecule has 2 N–H and O–H groups in total. The maximum Gasteiger partial charge on any atom is 0.416 e. The van der Waals surface area contributed by atoms with E-state index < -0.39 is 40.8 Å². The topological polar surface area (TPSA) is 71.6 Å². The first-order chi connectivity index (χ1) is 15.7. The first-order valence-corrected chi connectivity index (χ1v) is 9.65. The first kappa shape index (κ1) is 26.6. The SMILES string of the molecule is CC/C=C/N(/C=C(/C(N)=O)c1cncc(F)c1)/N=C(\C)c1cc(C(F)(F)F)cc(C(F)(F)F)c1. The number of amides is 1. The summed E-state index contributed by atoms with van der Waals surface area (Å²) in [6.07, 6.45) is -3.59. The number of hydrazone groups is 1. The maximum absolute atomic E-state index is 13.5. The van der Waals surface area contributed by atoms with Crippen LogP contribution in [0.4, 0.5) is 30.7 Å². The van der Waals surface area contributed by atoms with Gasteiger partial charge in [-0.05, 0) is 43.2 Å². The number of pyridine rings is 1. The molecule has 12 heteroatoms. The van der Waals surface area contributed by atoms with Crippen molar-refractivity contribution in [3.63, 3.8) is 0 Å². The number of nitrogens with zero attached hydrogens (tertiary/aromatic N) is 3. The van der Waals surface area contributed by atoms with E-state index in [9.17, 15) is 35.5 Å². The summed E-state index contributed by atoms with van der Waals surface area (Å²) >= 11 is 0. The summed E-state index contributed by atoms with van der Waals surface area (Å²) in [7, 11) is 0. The Hall–Kier alpha value is -3.70. The van der Waals surface area contributed by atoms with Crippen LogP contribution in [0.3, 0.4) is 0 Å². The third-order valence-electron chi connectivity index (χ3n) is 4.31. The Morgan fingerprint density at radius 2 is 1.62 bits per heavy atom. The summed E-state index contributed by atoms with van der Waals surface area (Å²) in [5.41, 5.74) is 1.44. The van der Waals surface area contributed by atoms with E-state index in [0.29, 0.717) is 18.6 Å². The molecule has 1 heterocycles. The lowest BCUT2D eigenvalue weighted by atomic mass is 10.0. The predicted molar refractivity (Wildman–Crippen MR) is 111 cm³/mol. The highest BCUT2D eigenvalue weighted by Gasteiger charge is 2.37. The Bertz CT molecular complexity index is 1100. The maximum atomic E-state index is 13.5. The second kappa shape index (κ2) is 10.5. The molecule has 0 saturated carbocycles. The molecule has 0 fully saturated rings. The standard InChI is InChI=1S/C22H19F7N4O/c1-3-4-5-33(12-19(20(30)34)15-8-18(23)11-31-10-15)32-13(2)14-6-16(21(24,25)26)9-17(7-14)22(27,28)29/h4-12H,3H2,1-2H3,(H2,30,34)/b5-4+,19-12+,32-13+. The zero-order chi connectivity index (χ0) is 25.7. The van der Waals surface area contributed by atoms with Gasteiger partial charge in [-0.25, -0.2) is 9.40 Å². The van der Waals surface area contributed by atoms with Crippen molar-refractivity contribution in [1.29, 1.82) is 0 Å². The highest BCUT2D eigenvalue weighted by atomic mass is 19.4. The Labute approximate surface area is 190 Å². The van der Waals surface area contributed by atoms with Gasteiger partial charge in [-0.3, -0.25) is 9.78 Å². The third kappa shape index (κ3) is 7.15. The summed E-state index contributed by atoms with van der Waals surface area (Å²) in [4.78, 5) is 15.6. The van der Waals surface area contributed by atoms with E-state index in [1.54, 1.807) is 13.0 Å². The number of carbonyl (C=O) groups excluding carboxylic acids is 1. The molecule has 0 atom stereocenters. The molecule has 2 aromatic rings. The zero-order valence-corrected chi connectivity index (χ0v) is 17.9. The van der Waals surface area contributed by atoms with Gasteiger partial charge in [0.25, 0.3) is 5.91 Å². The molecule has 0 saturated heterocycles. The minimum Gasteiger partial charge on any atom is -0.366 e. The Morgan fingerprint density at radius 3 is 2.09 bits per heavy atom. The van der Waals surface area contributed by atoms with E-state index in [-0.39, 0.29) is 22.9 Å². The molecule has 5 nitrogen and oxygen atoms in total. The molecule has 34 heavy (non-hydrogen) atoms. The molecule has 0 aliphatic carbocycles. The van der Waals surface area contributed by atoms with Gasteiger partial charge in [-0.15, -0.1) is 0 Å². The fourth-order valence-corrected chi connectivity index (χ4v) is 2.69. The van der Waals surface area contributed by atoms with Gasteiger partial charge < -0.3 is 5.73 Å². The number of halogens is 7. The molecule has 182 valence electrons. The van der Waals surface area contributed by atoms with Crippen molar-refractivity contribution in [2.24, 2.45) is 10.8 Å². The number of rotatable bonds is 7. The van der Waals surface area contributed by atoms with Gasteiger partial charge in [0.15, 0.2) is 0 Å². The lowest BCUT2D eigenvalue weighted by molar-refractivity contribution is -0.143. The number of alkyl halides is 6. The van der Waals surface area contributed by atoms with Crippen LogP contribution in [0.5, 0.6) is 0 Å². The zero-order valence-electron chi connectivity index (χ0n) is 17.9. The van der Waals surface area contributed by atoms with Crippen molar-refractivity contribution < 1.29 is 35.5 Å². The molecule has 0 radical (unpaired) electrons. The van der Waals surface area contributed by atoms with Crippen LogP contribution >= 0.6 is 0 Å². The fourth-order valence-electron chi connectivity index (χ4n) is 2.69. The number of hydrogen-bond donors (Lipinski definition) is 1. The van der Waals surface area contributed by atoms with Crippen LogP contribution in [0.1, 0.15) is 42.5 Å². The summed E-state index contributed by atoms with van der Waals surface area (Å²) in [6.45, 7) is 2.95. The van der Waals surface area contributed by atoms with Crippen LogP contribution in [-0.2, 0) is 17.1 Å². The molecule has 0 aliphatic heterocycles. The van der Waals surface area contributed by atoms with Crippen molar-refractivity contribution in [1.82, 2.24) is 9.99 Å². The summed E-state index contributed by atoms with van der Waals surface area (Å²) in [5, 5.41) is 5.01. The highest BCUT2D eigenvalue weighted by molar-refractivity contribution is 6.18. The van der Waals surface area contributed by atoms with Gasteiger partial charge in [0, 0.05) is 24.2 Å².